The van der Waals surface area contributed by atoms with Crippen LogP contribution in [0, 0.1) is 0 Å². The second-order valence-electron chi connectivity index (χ2n) is 9.43. The summed E-state index contributed by atoms with van der Waals surface area (Å²) < 4.78 is 6.64. The number of anilines is 1. The molecule has 0 saturated carbocycles. The fraction of sp³-hybridized carbons (Fsp3) is 0.296. The maximum absolute atomic E-state index is 13.4. The van der Waals surface area contributed by atoms with Crippen molar-refractivity contribution in [3.8, 4) is 11.4 Å². The Hall–Kier alpha value is -4.51. The van der Waals surface area contributed by atoms with E-state index in [1.165, 1.54) is 17.6 Å². The van der Waals surface area contributed by atoms with Crippen LogP contribution >= 0.6 is 0 Å². The van der Waals surface area contributed by atoms with E-state index in [0.29, 0.717) is 45.5 Å². The van der Waals surface area contributed by atoms with Crippen LogP contribution in [0.15, 0.2) is 28.7 Å². The zero-order chi connectivity index (χ0) is 27.5. The molecule has 196 valence electrons. The number of rotatable bonds is 5. The summed E-state index contributed by atoms with van der Waals surface area (Å²) >= 11 is 0. The zero-order valence-electron chi connectivity index (χ0n) is 21.0. The molecular formula is C27H26N4O7. The van der Waals surface area contributed by atoms with Crippen LogP contribution in [0.5, 0.6) is 0 Å². The summed E-state index contributed by atoms with van der Waals surface area (Å²) in [6.07, 6.45) is 1.91. The summed E-state index contributed by atoms with van der Waals surface area (Å²) in [7, 11) is 0. The molecule has 11 nitrogen and oxygen atoms in total. The number of aliphatic hydroxyl groups is 1. The summed E-state index contributed by atoms with van der Waals surface area (Å²) in [6.45, 7) is 4.73. The quantitative estimate of drug-likeness (QED) is 0.174. The first-order valence-electron chi connectivity index (χ1n) is 12.1. The summed E-state index contributed by atoms with van der Waals surface area (Å²) in [5, 5.41) is 23.6. The number of aliphatic carboxylic acids is 1. The van der Waals surface area contributed by atoms with Gasteiger partial charge in [0.2, 0.25) is 5.91 Å². The van der Waals surface area contributed by atoms with Crippen molar-refractivity contribution in [3.05, 3.63) is 62.1 Å². The highest BCUT2D eigenvalue weighted by molar-refractivity contribution is 6.03. The van der Waals surface area contributed by atoms with Gasteiger partial charge in [-0.25, -0.2) is 14.6 Å². The van der Waals surface area contributed by atoms with Gasteiger partial charge in [0, 0.05) is 34.7 Å². The number of pyridine rings is 2. The molecule has 1 amide bonds. The molecule has 2 aromatic heterocycles. The van der Waals surface area contributed by atoms with E-state index >= 15 is 0 Å². The van der Waals surface area contributed by atoms with E-state index in [9.17, 15) is 29.4 Å². The van der Waals surface area contributed by atoms with E-state index in [4.69, 9.17) is 15.5 Å². The number of nitrogens with one attached hydrogen (secondary N) is 1. The average Bonchev–Trinajstić information content (AvgIpc) is 3.24. The number of nitrogens with two attached hydrogens (primary N) is 1. The summed E-state index contributed by atoms with van der Waals surface area (Å²) in [4.78, 5) is 54.1. The molecule has 0 spiro atoms. The van der Waals surface area contributed by atoms with Gasteiger partial charge in [0.1, 0.15) is 12.3 Å². The van der Waals surface area contributed by atoms with Crippen LogP contribution < -0.4 is 16.6 Å². The van der Waals surface area contributed by atoms with Crippen molar-refractivity contribution in [2.24, 2.45) is 0 Å². The van der Waals surface area contributed by atoms with Gasteiger partial charge in [-0.15, -0.1) is 0 Å². The predicted molar refractivity (Wildman–Crippen MR) is 138 cm³/mol. The average molecular weight is 519 g/mol. The Labute approximate surface area is 216 Å². The number of hydrogen-bond acceptors (Lipinski definition) is 8. The lowest BCUT2D eigenvalue weighted by Gasteiger charge is -2.31. The van der Waals surface area contributed by atoms with Gasteiger partial charge in [0.05, 0.1) is 29.0 Å². The molecule has 0 unspecified atom stereocenters. The van der Waals surface area contributed by atoms with Gasteiger partial charge in [-0.3, -0.25) is 9.59 Å². The lowest BCUT2D eigenvalue weighted by molar-refractivity contribution is -0.172. The van der Waals surface area contributed by atoms with E-state index in [-0.39, 0.29) is 42.0 Å². The number of benzene rings is 1. The zero-order valence-corrected chi connectivity index (χ0v) is 21.0. The van der Waals surface area contributed by atoms with Gasteiger partial charge >= 0.3 is 11.9 Å². The van der Waals surface area contributed by atoms with E-state index in [2.05, 4.69) is 5.32 Å². The molecule has 0 aliphatic carbocycles. The van der Waals surface area contributed by atoms with Gasteiger partial charge in [0.25, 0.3) is 5.56 Å². The molecule has 3 aromatic rings. The third-order valence-corrected chi connectivity index (χ3v) is 7.16. The number of hydrogen-bond donors (Lipinski definition) is 4. The fourth-order valence-corrected chi connectivity index (χ4v) is 5.18. The molecule has 11 heteroatoms. The number of carboxylic acids is 1. The van der Waals surface area contributed by atoms with Crippen molar-refractivity contribution in [2.75, 3.05) is 5.73 Å². The Morgan fingerprint density at radius 3 is 2.63 bits per heavy atom. The lowest BCUT2D eigenvalue weighted by atomic mass is 9.86. The molecule has 1 atom stereocenters. The van der Waals surface area contributed by atoms with Crippen LogP contribution in [-0.2, 0) is 44.3 Å². The van der Waals surface area contributed by atoms with Crippen LogP contribution in [0.1, 0.15) is 55.0 Å². The number of fused-ring (bicyclic) bond motifs is 5. The largest absolute Gasteiger partial charge is 0.477 e. The second kappa shape index (κ2) is 8.80. The maximum Gasteiger partial charge on any atom is 0.352 e. The van der Waals surface area contributed by atoms with Crippen LogP contribution in [-0.4, -0.2) is 37.6 Å². The van der Waals surface area contributed by atoms with Gasteiger partial charge in [-0.1, -0.05) is 13.8 Å². The Kier molecular flexibility index (Phi) is 5.83. The number of esters is 1. The van der Waals surface area contributed by atoms with E-state index < -0.39 is 23.4 Å². The number of aryl methyl sites for hydroxylation is 1. The number of nitrogens with zero attached hydrogens (tertiary/aromatic N) is 2. The monoisotopic (exact) mass is 518 g/mol. The highest BCUT2D eigenvalue weighted by Gasteiger charge is 2.45. The lowest BCUT2D eigenvalue weighted by Crippen LogP contribution is -2.44. The molecule has 38 heavy (non-hydrogen) atoms. The number of carbonyl (C=O) groups excluding carboxylic acids is 2. The van der Waals surface area contributed by atoms with Gasteiger partial charge < -0.3 is 30.6 Å². The van der Waals surface area contributed by atoms with Crippen LogP contribution in [0.3, 0.4) is 0 Å². The number of amides is 1. The number of ether oxygens (including phenoxy) is 1. The number of carboxylic acid groups (broad SMARTS) is 1. The Morgan fingerprint density at radius 1 is 1.26 bits per heavy atom. The van der Waals surface area contributed by atoms with Crippen LogP contribution in [0.2, 0.25) is 0 Å². The van der Waals surface area contributed by atoms with Crippen molar-refractivity contribution in [1.82, 2.24) is 14.9 Å². The first-order chi connectivity index (χ1) is 18.0. The minimum absolute atomic E-state index is 0.0366. The summed E-state index contributed by atoms with van der Waals surface area (Å²) in [5.74, 6) is -2.67. The highest BCUT2D eigenvalue weighted by atomic mass is 16.6. The number of aromatic nitrogens is 2. The summed E-state index contributed by atoms with van der Waals surface area (Å²) in [6, 6.07) is 5.15. The molecular weight excluding hydrogens is 492 g/mol. The number of nitrogen functional groups attached to an aromatic ring is 1. The molecule has 4 heterocycles. The molecule has 0 bridgehead atoms. The van der Waals surface area contributed by atoms with Gasteiger partial charge in [0.15, 0.2) is 5.60 Å². The third kappa shape index (κ3) is 3.66. The molecule has 5 N–H and O–H groups in total. The first kappa shape index (κ1) is 25.2. The van der Waals surface area contributed by atoms with Crippen molar-refractivity contribution >= 4 is 40.5 Å². The molecule has 0 radical (unpaired) electrons. The Balaban J connectivity index is 1.78. The number of cyclic esters (lactones) is 1. The van der Waals surface area contributed by atoms with E-state index in [1.54, 1.807) is 19.1 Å². The first-order valence-corrected chi connectivity index (χ1v) is 12.1. The standard InChI is InChI=1S/C27H26N4O7/c1-4-13-7-19(28)15(8-20(25(34)35)29-12(3)32)16-6-14-10-31-21(23(14)30-22(13)16)9-18-17(24(31)33)11-38-26(36)27(18,37)5-2/h6-9,37H,4-5,10-11,28H2,1-3H3,(H,29,32)(H,34,35)/b20-8-/t27-/m0/s1. The molecule has 5 rings (SSSR count). The van der Waals surface area contributed by atoms with Crippen molar-refractivity contribution < 1.29 is 29.3 Å². The predicted octanol–water partition coefficient (Wildman–Crippen LogP) is 1.79. The van der Waals surface area contributed by atoms with Gasteiger partial charge in [-0.2, -0.15) is 0 Å². The molecule has 0 saturated heterocycles. The van der Waals surface area contributed by atoms with Crippen molar-refractivity contribution in [2.45, 2.75) is 52.4 Å². The molecule has 0 fully saturated rings. The second-order valence-corrected chi connectivity index (χ2v) is 9.43. The fourth-order valence-electron chi connectivity index (χ4n) is 5.18. The van der Waals surface area contributed by atoms with E-state index in [1.807, 2.05) is 13.0 Å². The topological polar surface area (TPSA) is 174 Å². The third-order valence-electron chi connectivity index (χ3n) is 7.16. The van der Waals surface area contributed by atoms with Crippen molar-refractivity contribution in [3.63, 3.8) is 0 Å². The summed E-state index contributed by atoms with van der Waals surface area (Å²) in [5.41, 5.74) is 7.84. The van der Waals surface area contributed by atoms with Crippen molar-refractivity contribution in [1.29, 1.82) is 0 Å². The molecule has 2 aliphatic heterocycles. The highest BCUT2D eigenvalue weighted by Crippen LogP contribution is 2.40. The smallest absolute Gasteiger partial charge is 0.352 e. The minimum Gasteiger partial charge on any atom is -0.477 e. The minimum atomic E-state index is -1.93. The van der Waals surface area contributed by atoms with Gasteiger partial charge in [-0.05, 0) is 42.7 Å². The Bertz CT molecular complexity index is 1670. The molecule has 1 aromatic carbocycles. The molecule has 2 aliphatic rings. The maximum atomic E-state index is 13.4. The SMILES string of the molecule is CCc1cc(N)c(/C=C(\NC(C)=O)C(=O)O)c2cc3c(nc12)-c1cc2c(c(=O)n1C3)COC(=O)[C@]2(O)CC. The normalized spacial score (nSPS) is 18.0. The van der Waals surface area contributed by atoms with Crippen LogP contribution in [0.25, 0.3) is 28.4 Å². The number of carbonyl (C=O) groups is 3. The van der Waals surface area contributed by atoms with E-state index in [0.717, 1.165) is 5.56 Å². The van der Waals surface area contributed by atoms with Crippen LogP contribution in [0.4, 0.5) is 5.69 Å². The Morgan fingerprint density at radius 2 is 2.00 bits per heavy atom.